The van der Waals surface area contributed by atoms with Gasteiger partial charge in [0.05, 0.1) is 0 Å². The third kappa shape index (κ3) is 23.6. The van der Waals surface area contributed by atoms with Crippen LogP contribution in [0.1, 0.15) is 0 Å². The summed E-state index contributed by atoms with van der Waals surface area (Å²) in [6.07, 6.45) is 0. The van der Waals surface area contributed by atoms with Crippen molar-refractivity contribution in [3.8, 4) is 0 Å². The third-order valence-corrected chi connectivity index (χ3v) is 1.89. The molecular weight excluding hydrogens is 288 g/mol. The van der Waals surface area contributed by atoms with E-state index in [1.807, 2.05) is 0 Å². The van der Waals surface area contributed by atoms with Gasteiger partial charge < -0.3 is 32.0 Å². The zero-order chi connectivity index (χ0) is 7.71. The molecule has 1 atom stereocenters. The molecular formula is H3ClK2O7P2. The van der Waals surface area contributed by atoms with Gasteiger partial charge in [-0.25, -0.2) is 8.88 Å². The Kier molecular flexibility index (Phi) is 20.7. The van der Waals surface area contributed by atoms with Crippen LogP contribution in [-0.2, 0) is 13.4 Å². The minimum Gasteiger partial charge on any atom is -1.00 e. The second kappa shape index (κ2) is 10.0. The molecule has 0 saturated carbocycles. The fraction of sp³-hybridized carbons (Fsp3) is 0. The number of phosphoric acid groups is 2. The Labute approximate surface area is 160 Å². The molecule has 12 heavy (non-hydrogen) atoms. The molecule has 0 aromatic rings. The predicted octanol–water partition coefficient (Wildman–Crippen LogP) is -10.4. The molecule has 0 aromatic heterocycles. The first-order valence-corrected chi connectivity index (χ1v) is 4.54. The molecule has 0 fully saturated rings. The van der Waals surface area contributed by atoms with E-state index >= 15 is 0 Å². The molecule has 64 valence electrons. The van der Waals surface area contributed by atoms with Crippen LogP contribution in [0.2, 0.25) is 0 Å². The average molecular weight is 291 g/mol. The Morgan fingerprint density at radius 3 is 1.33 bits per heavy atom. The smallest absolute Gasteiger partial charge is 1.00 e. The zero-order valence-electron chi connectivity index (χ0n) is 6.25. The van der Waals surface area contributed by atoms with Crippen molar-refractivity contribution in [2.24, 2.45) is 0 Å². The van der Waals surface area contributed by atoms with Crippen LogP contribution in [0.25, 0.3) is 0 Å². The van der Waals surface area contributed by atoms with E-state index in [2.05, 4.69) is 4.31 Å². The Morgan fingerprint density at radius 2 is 1.33 bits per heavy atom. The number of rotatable bonds is 2. The molecule has 0 radical (unpaired) electrons. The van der Waals surface area contributed by atoms with Crippen molar-refractivity contribution in [2.75, 3.05) is 0 Å². The number of hydrogen-bond donors (Lipinski definition) is 3. The molecule has 0 aliphatic carbocycles. The fourth-order valence-corrected chi connectivity index (χ4v) is 1.21. The van der Waals surface area contributed by atoms with Gasteiger partial charge >= 0.3 is 111 Å². The van der Waals surface area contributed by atoms with Gasteiger partial charge in [-0.1, -0.05) is 0 Å². The average Bonchev–Trinajstić information content (AvgIpc) is 1.14. The van der Waals surface area contributed by atoms with Crippen LogP contribution in [0.15, 0.2) is 0 Å². The molecule has 0 bridgehead atoms. The first-order valence-electron chi connectivity index (χ1n) is 1.51. The summed E-state index contributed by atoms with van der Waals surface area (Å²) >= 11 is 0. The van der Waals surface area contributed by atoms with Gasteiger partial charge in [-0.05, 0) is 0 Å². The molecule has 7 nitrogen and oxygen atoms in total. The minimum atomic E-state index is -5.30. The van der Waals surface area contributed by atoms with Crippen LogP contribution in [0.5, 0.6) is 0 Å². The quantitative estimate of drug-likeness (QED) is 0.340. The molecule has 0 heterocycles. The van der Waals surface area contributed by atoms with E-state index in [-0.39, 0.29) is 115 Å². The maximum absolute atomic E-state index is 9.59. The SMILES string of the molecule is O=P([O-])(O)OP(=O)(O)O.[Cl-].[K+].[K+]. The van der Waals surface area contributed by atoms with Crippen molar-refractivity contribution in [1.29, 1.82) is 0 Å². The van der Waals surface area contributed by atoms with Crippen molar-refractivity contribution in [1.82, 2.24) is 0 Å². The van der Waals surface area contributed by atoms with Gasteiger partial charge in [0.1, 0.15) is 0 Å². The van der Waals surface area contributed by atoms with E-state index in [4.69, 9.17) is 14.7 Å². The second-order valence-corrected chi connectivity index (χ2v) is 3.61. The largest absolute Gasteiger partial charge is 1.00 e. The van der Waals surface area contributed by atoms with Crippen LogP contribution in [0, 0.1) is 0 Å². The molecule has 0 amide bonds. The number of hydrogen-bond acceptors (Lipinski definition) is 4. The van der Waals surface area contributed by atoms with Crippen molar-refractivity contribution >= 4 is 15.6 Å². The van der Waals surface area contributed by atoms with E-state index in [1.165, 1.54) is 0 Å². The fourth-order valence-electron chi connectivity index (χ4n) is 0.134. The van der Waals surface area contributed by atoms with E-state index in [0.717, 1.165) is 0 Å². The normalized spacial score (nSPS) is 14.3. The molecule has 1 unspecified atom stereocenters. The first kappa shape index (κ1) is 24.9. The van der Waals surface area contributed by atoms with Crippen LogP contribution < -0.4 is 120 Å². The van der Waals surface area contributed by atoms with E-state index in [1.54, 1.807) is 0 Å². The predicted molar refractivity (Wildman–Crippen MR) is 23.0 cm³/mol. The molecule has 3 N–H and O–H groups in total. The van der Waals surface area contributed by atoms with Gasteiger partial charge in [-0.15, -0.1) is 0 Å². The molecule has 0 saturated heterocycles. The Morgan fingerprint density at radius 1 is 1.08 bits per heavy atom. The van der Waals surface area contributed by atoms with Gasteiger partial charge in [-0.3, -0.25) is 4.57 Å². The maximum Gasteiger partial charge on any atom is 1.00 e. The molecule has 0 spiro atoms. The van der Waals surface area contributed by atoms with Gasteiger partial charge in [0, 0.05) is 0 Å². The van der Waals surface area contributed by atoms with E-state index in [0.29, 0.717) is 0 Å². The molecule has 0 rings (SSSR count). The van der Waals surface area contributed by atoms with Crippen molar-refractivity contribution in [3.05, 3.63) is 0 Å². The zero-order valence-corrected chi connectivity index (χ0v) is 15.0. The van der Waals surface area contributed by atoms with Gasteiger partial charge in [0.2, 0.25) is 0 Å². The summed E-state index contributed by atoms with van der Waals surface area (Å²) in [4.78, 5) is 32.6. The minimum absolute atomic E-state index is 0. The summed E-state index contributed by atoms with van der Waals surface area (Å²) in [6, 6.07) is 0. The monoisotopic (exact) mass is 290 g/mol. The maximum atomic E-state index is 9.59. The van der Waals surface area contributed by atoms with Gasteiger partial charge in [0.15, 0.2) is 0 Å². The second-order valence-electron chi connectivity index (χ2n) is 1.04. The van der Waals surface area contributed by atoms with Crippen LogP contribution >= 0.6 is 15.6 Å². The van der Waals surface area contributed by atoms with Gasteiger partial charge in [0.25, 0.3) is 7.82 Å². The Balaban J connectivity index is -0.000000107. The molecule has 0 aliphatic rings. The van der Waals surface area contributed by atoms with Crippen LogP contribution in [0.4, 0.5) is 0 Å². The summed E-state index contributed by atoms with van der Waals surface area (Å²) in [5, 5.41) is 0. The molecule has 0 aliphatic heterocycles. The molecule has 12 heteroatoms. The summed E-state index contributed by atoms with van der Waals surface area (Å²) in [6.45, 7) is 0. The van der Waals surface area contributed by atoms with Crippen molar-refractivity contribution in [3.63, 3.8) is 0 Å². The third-order valence-electron chi connectivity index (χ3n) is 0.210. The Bertz CT molecular complexity index is 160. The Hall–Kier alpha value is 3.82. The summed E-state index contributed by atoms with van der Waals surface area (Å²) < 4.78 is 21.9. The van der Waals surface area contributed by atoms with Gasteiger partial charge in [-0.2, -0.15) is 0 Å². The van der Waals surface area contributed by atoms with E-state index in [9.17, 15) is 14.0 Å². The summed E-state index contributed by atoms with van der Waals surface area (Å²) in [5.41, 5.74) is 0. The van der Waals surface area contributed by atoms with Crippen molar-refractivity contribution < 1.29 is 148 Å². The molecule has 0 aromatic carbocycles. The summed E-state index contributed by atoms with van der Waals surface area (Å²) in [5.74, 6) is 0. The van der Waals surface area contributed by atoms with E-state index < -0.39 is 15.6 Å². The standard InChI is InChI=1S/ClH.2K.H4O7P2/c;;;1-8(2,3)7-9(4,5)6/h1H;;;(H2,1,2,3)(H2,4,5,6)/q;2*+1;/p-2. The van der Waals surface area contributed by atoms with Crippen LogP contribution in [0.3, 0.4) is 0 Å². The number of halogens is 1. The van der Waals surface area contributed by atoms with Crippen molar-refractivity contribution in [2.45, 2.75) is 0 Å². The summed E-state index contributed by atoms with van der Waals surface area (Å²) in [7, 11) is -10.4. The first-order chi connectivity index (χ1) is 3.71. The van der Waals surface area contributed by atoms with Crippen LogP contribution in [-0.4, -0.2) is 14.7 Å². The topological polar surface area (TPSA) is 127 Å².